The molecule has 0 aliphatic heterocycles. The van der Waals surface area contributed by atoms with E-state index in [1.54, 1.807) is 0 Å². The third-order valence-corrected chi connectivity index (χ3v) is 7.44. The molecule has 0 radical (unpaired) electrons. The summed E-state index contributed by atoms with van der Waals surface area (Å²) >= 11 is 0. The summed E-state index contributed by atoms with van der Waals surface area (Å²) in [5, 5.41) is 0. The largest absolute Gasteiger partial charge is 0.375 e. The van der Waals surface area contributed by atoms with Crippen molar-refractivity contribution in [1.82, 2.24) is 4.98 Å². The van der Waals surface area contributed by atoms with Crippen molar-refractivity contribution in [3.05, 3.63) is 53.6 Å². The number of rotatable bonds is 13. The molecule has 1 aliphatic rings. The van der Waals surface area contributed by atoms with Crippen LogP contribution in [-0.4, -0.2) is 51.9 Å². The number of ether oxygens (including phenoxy) is 1. The second-order valence-corrected chi connectivity index (χ2v) is 12.1. The molecule has 1 saturated carbocycles. The second kappa shape index (κ2) is 11.1. The van der Waals surface area contributed by atoms with Crippen molar-refractivity contribution in [3.63, 3.8) is 0 Å². The molecule has 8 heteroatoms. The highest BCUT2D eigenvalue weighted by Gasteiger charge is 2.33. The molecule has 0 amide bonds. The van der Waals surface area contributed by atoms with Gasteiger partial charge in [0.1, 0.15) is 11.6 Å². The summed E-state index contributed by atoms with van der Waals surface area (Å²) in [4.78, 5) is 6.85. The fourth-order valence-electron chi connectivity index (χ4n) is 4.23. The van der Waals surface area contributed by atoms with E-state index in [1.165, 1.54) is 22.5 Å². The van der Waals surface area contributed by atoms with Crippen LogP contribution in [0.3, 0.4) is 0 Å². The maximum atomic E-state index is 12.5. The molecule has 0 saturated heterocycles. The number of hydrogen-bond acceptors (Lipinski definition) is 6. The molecular weight excluding hydrogens is 448 g/mol. The van der Waals surface area contributed by atoms with E-state index in [0.29, 0.717) is 44.3 Å². The van der Waals surface area contributed by atoms with Crippen LogP contribution in [0, 0.1) is 11.8 Å². The summed E-state index contributed by atoms with van der Waals surface area (Å²) < 4.78 is 32.4. The van der Waals surface area contributed by atoms with Crippen molar-refractivity contribution in [3.8, 4) is 0 Å². The third-order valence-electron chi connectivity index (χ3n) is 6.27. The minimum Gasteiger partial charge on any atom is -0.375 e. The van der Waals surface area contributed by atoms with Crippen LogP contribution >= 0.6 is 0 Å². The molecule has 3 rings (SSSR count). The van der Waals surface area contributed by atoms with Gasteiger partial charge >= 0.3 is 0 Å². The minimum atomic E-state index is -3.45. The zero-order valence-corrected chi connectivity index (χ0v) is 22.0. The topological polar surface area (TPSA) is 88.8 Å². The van der Waals surface area contributed by atoms with Gasteiger partial charge in [-0.1, -0.05) is 44.2 Å². The van der Waals surface area contributed by atoms with E-state index in [-0.39, 0.29) is 0 Å². The molecule has 2 aromatic rings. The molecule has 3 atom stereocenters. The number of pyridine rings is 1. The van der Waals surface area contributed by atoms with Crippen LogP contribution in [0.5, 0.6) is 0 Å². The summed E-state index contributed by atoms with van der Waals surface area (Å²) in [6.07, 6.45) is 3.86. The maximum Gasteiger partial charge on any atom is 0.233 e. The summed E-state index contributed by atoms with van der Waals surface area (Å²) in [6.45, 7) is 8.21. The Balaban J connectivity index is 1.77. The Morgan fingerprint density at radius 2 is 1.82 bits per heavy atom. The molecule has 34 heavy (non-hydrogen) atoms. The van der Waals surface area contributed by atoms with Crippen molar-refractivity contribution in [1.29, 1.82) is 0 Å². The summed E-state index contributed by atoms with van der Waals surface area (Å²) in [6, 6.07) is 14.0. The van der Waals surface area contributed by atoms with Crippen LogP contribution in [0.1, 0.15) is 44.7 Å². The number of sulfonamides is 1. The molecule has 2 N–H and O–H groups in total. The van der Waals surface area contributed by atoms with Gasteiger partial charge in [0.15, 0.2) is 0 Å². The van der Waals surface area contributed by atoms with Crippen molar-refractivity contribution in [2.45, 2.75) is 52.2 Å². The van der Waals surface area contributed by atoms with Gasteiger partial charge in [-0.05, 0) is 61.3 Å². The number of hydrogen-bond donors (Lipinski definition) is 1. The van der Waals surface area contributed by atoms with Gasteiger partial charge in [0.25, 0.3) is 0 Å². The summed E-state index contributed by atoms with van der Waals surface area (Å²) in [5.74, 6) is 2.59. The number of aromatic nitrogens is 1. The second-order valence-electron chi connectivity index (χ2n) is 10.2. The van der Waals surface area contributed by atoms with E-state index in [0.717, 1.165) is 23.8 Å². The first-order valence-electron chi connectivity index (χ1n) is 12.1. The van der Waals surface area contributed by atoms with Gasteiger partial charge in [0.2, 0.25) is 10.0 Å². The first kappa shape index (κ1) is 26.4. The van der Waals surface area contributed by atoms with Crippen LogP contribution in [0.2, 0.25) is 0 Å². The van der Waals surface area contributed by atoms with E-state index < -0.39 is 15.6 Å². The first-order chi connectivity index (χ1) is 16.0. The smallest absolute Gasteiger partial charge is 0.233 e. The Morgan fingerprint density at radius 1 is 1.18 bits per heavy atom. The van der Waals surface area contributed by atoms with Gasteiger partial charge in [-0.15, -0.1) is 0 Å². The third kappa shape index (κ3) is 7.68. The highest BCUT2D eigenvalue weighted by Crippen LogP contribution is 2.38. The first-order valence-corrected chi connectivity index (χ1v) is 13.9. The highest BCUT2D eigenvalue weighted by atomic mass is 32.2. The van der Waals surface area contributed by atoms with Crippen molar-refractivity contribution >= 4 is 21.7 Å². The molecule has 1 aliphatic carbocycles. The maximum absolute atomic E-state index is 12.5. The molecule has 1 heterocycles. The van der Waals surface area contributed by atoms with Gasteiger partial charge < -0.3 is 15.4 Å². The summed E-state index contributed by atoms with van der Waals surface area (Å²) in [5.41, 5.74) is 8.05. The monoisotopic (exact) mass is 488 g/mol. The van der Waals surface area contributed by atoms with Crippen LogP contribution < -0.4 is 14.9 Å². The van der Waals surface area contributed by atoms with Crippen LogP contribution in [0.15, 0.2) is 42.5 Å². The SMILES string of the molecule is CCCN(c1cc(COCC(C)(N)Cc2ccccc2)cc(N(C)CC2CC2C)n1)S(C)(=O)=O. The molecule has 1 aromatic heterocycles. The Bertz CT molecular complexity index is 1040. The fourth-order valence-corrected chi connectivity index (χ4v) is 5.18. The molecule has 1 fully saturated rings. The van der Waals surface area contributed by atoms with Gasteiger partial charge in [-0.25, -0.2) is 13.4 Å². The molecule has 3 unspecified atom stereocenters. The molecule has 0 spiro atoms. The van der Waals surface area contributed by atoms with Crippen LogP contribution in [0.25, 0.3) is 0 Å². The molecular formula is C26H40N4O3S. The minimum absolute atomic E-state index is 0.335. The quantitative estimate of drug-likeness (QED) is 0.461. The van der Waals surface area contributed by atoms with E-state index >= 15 is 0 Å². The van der Waals surface area contributed by atoms with Crippen molar-refractivity contribution in [2.75, 3.05) is 42.2 Å². The molecule has 7 nitrogen and oxygen atoms in total. The molecule has 1 aromatic carbocycles. The Morgan fingerprint density at radius 3 is 2.41 bits per heavy atom. The van der Waals surface area contributed by atoms with E-state index in [2.05, 4.69) is 24.0 Å². The zero-order chi connectivity index (χ0) is 24.9. The van der Waals surface area contributed by atoms with Crippen molar-refractivity contribution < 1.29 is 13.2 Å². The Kier molecular flexibility index (Phi) is 8.60. The lowest BCUT2D eigenvalue weighted by atomic mass is 9.95. The van der Waals surface area contributed by atoms with E-state index in [1.807, 2.05) is 51.2 Å². The van der Waals surface area contributed by atoms with Crippen LogP contribution in [0.4, 0.5) is 11.6 Å². The average molecular weight is 489 g/mol. The number of anilines is 2. The normalized spacial score (nSPS) is 19.5. The highest BCUT2D eigenvalue weighted by molar-refractivity contribution is 7.92. The van der Waals surface area contributed by atoms with Gasteiger partial charge in [-0.2, -0.15) is 0 Å². The number of benzene rings is 1. The van der Waals surface area contributed by atoms with Gasteiger partial charge in [0, 0.05) is 25.7 Å². The lowest BCUT2D eigenvalue weighted by Crippen LogP contribution is -2.43. The van der Waals surface area contributed by atoms with Crippen molar-refractivity contribution in [2.24, 2.45) is 17.6 Å². The number of nitrogens with two attached hydrogens (primary N) is 1. The van der Waals surface area contributed by atoms with E-state index in [4.69, 9.17) is 15.5 Å². The standard InChI is InChI=1S/C26H40N4O3S/c1-6-12-30(34(5,31)32)25-15-22(14-24(28-25)29(4)17-23-13-20(23)2)18-33-19-26(3,27)16-21-10-8-7-9-11-21/h7-11,14-15,20,23H,6,12-13,16-19,27H2,1-5H3. The predicted molar refractivity (Wildman–Crippen MR) is 140 cm³/mol. The lowest BCUT2D eigenvalue weighted by molar-refractivity contribution is 0.0791. The lowest BCUT2D eigenvalue weighted by Gasteiger charge is -2.26. The molecule has 188 valence electrons. The summed E-state index contributed by atoms with van der Waals surface area (Å²) in [7, 11) is -1.43. The van der Waals surface area contributed by atoms with Gasteiger partial charge in [-0.3, -0.25) is 4.31 Å². The Labute approximate surface area is 205 Å². The number of nitrogens with zero attached hydrogens (tertiary/aromatic N) is 3. The predicted octanol–water partition coefficient (Wildman–Crippen LogP) is 3.83. The zero-order valence-electron chi connectivity index (χ0n) is 21.2. The molecule has 0 bridgehead atoms. The van der Waals surface area contributed by atoms with E-state index in [9.17, 15) is 8.42 Å². The van der Waals surface area contributed by atoms with Gasteiger partial charge in [0.05, 0.1) is 19.5 Å². The Hall–Kier alpha value is -2.16. The average Bonchev–Trinajstić information content (AvgIpc) is 3.45. The fraction of sp³-hybridized carbons (Fsp3) is 0.577. The van der Waals surface area contributed by atoms with Crippen LogP contribution in [-0.2, 0) is 27.8 Å².